The second-order valence-corrected chi connectivity index (χ2v) is 5.22. The van der Waals surface area contributed by atoms with Crippen molar-refractivity contribution in [2.75, 3.05) is 0 Å². The molecule has 0 aliphatic rings. The fraction of sp³-hybridized carbons (Fsp3) is 0.133. The van der Waals surface area contributed by atoms with Gasteiger partial charge in [-0.1, -0.05) is 17.7 Å². The van der Waals surface area contributed by atoms with Crippen molar-refractivity contribution in [3.63, 3.8) is 0 Å². The highest BCUT2D eigenvalue weighted by molar-refractivity contribution is 6.31. The van der Waals surface area contributed by atoms with Gasteiger partial charge in [-0.15, -0.1) is 11.6 Å². The Balaban J connectivity index is 2.37. The minimum Gasteiger partial charge on any atom is -0.295 e. The molecule has 1 heterocycles. The van der Waals surface area contributed by atoms with Crippen LogP contribution < -0.4 is 0 Å². The van der Waals surface area contributed by atoms with E-state index < -0.39 is 0 Å². The molecule has 0 saturated heterocycles. The van der Waals surface area contributed by atoms with E-state index in [4.69, 9.17) is 23.2 Å². The van der Waals surface area contributed by atoms with E-state index in [1.54, 1.807) is 25.1 Å². The smallest absolute Gasteiger partial charge is 0.129 e. The molecule has 3 aromatic rings. The molecule has 0 atom stereocenters. The molecular weight excluding hydrogens is 298 g/mol. The number of aromatic nitrogens is 2. The molecule has 0 spiro atoms. The van der Waals surface area contributed by atoms with Gasteiger partial charge in [-0.05, 0) is 37.3 Å². The lowest BCUT2D eigenvalue weighted by atomic mass is 10.2. The van der Waals surface area contributed by atoms with Crippen LogP contribution in [0.1, 0.15) is 11.4 Å². The third kappa shape index (κ3) is 2.07. The van der Waals surface area contributed by atoms with Gasteiger partial charge in [0.15, 0.2) is 0 Å². The predicted octanol–water partition coefficient (Wildman–Crippen LogP) is 4.87. The van der Waals surface area contributed by atoms with E-state index in [2.05, 4.69) is 4.98 Å². The number of alkyl halides is 1. The van der Waals surface area contributed by atoms with Crippen molar-refractivity contribution in [2.45, 2.75) is 12.8 Å². The molecule has 5 heteroatoms. The van der Waals surface area contributed by atoms with Crippen LogP contribution in [0.3, 0.4) is 0 Å². The van der Waals surface area contributed by atoms with Crippen LogP contribution in [0.15, 0.2) is 36.4 Å². The highest BCUT2D eigenvalue weighted by atomic mass is 35.5. The zero-order valence-electron chi connectivity index (χ0n) is 10.7. The zero-order chi connectivity index (χ0) is 14.3. The van der Waals surface area contributed by atoms with Crippen LogP contribution in [0.2, 0.25) is 5.02 Å². The van der Waals surface area contributed by atoms with Crippen LogP contribution in [0.5, 0.6) is 0 Å². The molecular formula is C15H11Cl2FN2. The Kier molecular flexibility index (Phi) is 3.40. The van der Waals surface area contributed by atoms with Gasteiger partial charge in [0.25, 0.3) is 0 Å². The minimum absolute atomic E-state index is 0.238. The third-order valence-corrected chi connectivity index (χ3v) is 3.76. The zero-order valence-corrected chi connectivity index (χ0v) is 12.2. The largest absolute Gasteiger partial charge is 0.295 e. The molecule has 0 N–H and O–H groups in total. The second kappa shape index (κ2) is 5.08. The Labute approximate surface area is 125 Å². The van der Waals surface area contributed by atoms with Crippen LogP contribution in [0.25, 0.3) is 16.7 Å². The fourth-order valence-electron chi connectivity index (χ4n) is 2.30. The number of imidazole rings is 1. The molecule has 0 radical (unpaired) electrons. The normalized spacial score (nSPS) is 11.2. The maximum atomic E-state index is 13.8. The first-order chi connectivity index (χ1) is 9.61. The van der Waals surface area contributed by atoms with Crippen molar-refractivity contribution < 1.29 is 4.39 Å². The summed E-state index contributed by atoms with van der Waals surface area (Å²) < 4.78 is 15.7. The number of hydrogen-bond donors (Lipinski definition) is 0. The molecule has 0 unspecified atom stereocenters. The van der Waals surface area contributed by atoms with Crippen molar-refractivity contribution in [1.82, 2.24) is 9.55 Å². The molecule has 0 amide bonds. The molecule has 2 nitrogen and oxygen atoms in total. The van der Waals surface area contributed by atoms with Crippen LogP contribution in [0.4, 0.5) is 4.39 Å². The molecule has 0 aliphatic carbocycles. The van der Waals surface area contributed by atoms with Crippen molar-refractivity contribution in [2.24, 2.45) is 0 Å². The van der Waals surface area contributed by atoms with Crippen molar-refractivity contribution in [3.05, 3.63) is 58.6 Å². The molecule has 0 fully saturated rings. The Bertz CT molecular complexity index is 796. The Hall–Kier alpha value is -1.58. The Morgan fingerprint density at radius 1 is 1.25 bits per heavy atom. The van der Waals surface area contributed by atoms with Crippen molar-refractivity contribution in [3.8, 4) is 5.69 Å². The van der Waals surface area contributed by atoms with Crippen LogP contribution in [-0.4, -0.2) is 9.55 Å². The van der Waals surface area contributed by atoms with E-state index in [-0.39, 0.29) is 11.7 Å². The van der Waals surface area contributed by atoms with Crippen LogP contribution in [-0.2, 0) is 5.88 Å². The summed E-state index contributed by atoms with van der Waals surface area (Å²) in [5.74, 6) is 0.652. The number of fused-ring (bicyclic) bond motifs is 1. The van der Waals surface area contributed by atoms with Gasteiger partial charge in [0.1, 0.15) is 11.6 Å². The summed E-state index contributed by atoms with van der Waals surface area (Å²) in [7, 11) is 0. The highest BCUT2D eigenvalue weighted by Gasteiger charge is 2.15. The summed E-state index contributed by atoms with van der Waals surface area (Å²) in [5, 5.41) is 0.610. The van der Waals surface area contributed by atoms with Crippen molar-refractivity contribution >= 4 is 34.2 Å². The fourth-order valence-corrected chi connectivity index (χ4v) is 2.65. The summed E-state index contributed by atoms with van der Waals surface area (Å²) in [6.07, 6.45) is 0. The Morgan fingerprint density at radius 2 is 2.05 bits per heavy atom. The monoisotopic (exact) mass is 308 g/mol. The molecule has 0 saturated carbocycles. The Morgan fingerprint density at radius 3 is 2.80 bits per heavy atom. The van der Waals surface area contributed by atoms with Gasteiger partial charge < -0.3 is 0 Å². The van der Waals surface area contributed by atoms with E-state index in [0.717, 1.165) is 16.7 Å². The number of nitrogens with zero attached hydrogens (tertiary/aromatic N) is 2. The first-order valence-corrected chi connectivity index (χ1v) is 7.01. The standard InChI is InChI=1S/C15H11Cl2FN2/c1-9-11(18)3-2-4-13(9)20-14-6-5-10(17)7-12(14)19-15(20)8-16/h2-7H,8H2,1H3. The maximum absolute atomic E-state index is 13.8. The first-order valence-electron chi connectivity index (χ1n) is 6.10. The van der Waals surface area contributed by atoms with Crippen molar-refractivity contribution in [1.29, 1.82) is 0 Å². The van der Waals surface area contributed by atoms with Crippen LogP contribution in [0, 0.1) is 12.7 Å². The molecule has 0 aliphatic heterocycles. The van der Waals surface area contributed by atoms with Gasteiger partial charge in [-0.2, -0.15) is 0 Å². The molecule has 102 valence electrons. The average molecular weight is 309 g/mol. The molecule has 20 heavy (non-hydrogen) atoms. The average Bonchev–Trinajstić information content (AvgIpc) is 2.79. The first kappa shape index (κ1) is 13.4. The van der Waals surface area contributed by atoms with Gasteiger partial charge in [0.2, 0.25) is 0 Å². The number of benzene rings is 2. The van der Waals surface area contributed by atoms with E-state index >= 15 is 0 Å². The van der Waals surface area contributed by atoms with Crippen LogP contribution >= 0.6 is 23.2 Å². The lowest BCUT2D eigenvalue weighted by Gasteiger charge is -2.11. The summed E-state index contributed by atoms with van der Waals surface area (Å²) in [5.41, 5.74) is 2.91. The van der Waals surface area contributed by atoms with E-state index in [0.29, 0.717) is 16.4 Å². The second-order valence-electron chi connectivity index (χ2n) is 4.51. The van der Waals surface area contributed by atoms with Gasteiger partial charge in [-0.3, -0.25) is 4.57 Å². The summed E-state index contributed by atoms with van der Waals surface area (Å²) in [6, 6.07) is 10.4. The van der Waals surface area contributed by atoms with Gasteiger partial charge in [-0.25, -0.2) is 9.37 Å². The quantitative estimate of drug-likeness (QED) is 0.618. The predicted molar refractivity (Wildman–Crippen MR) is 80.3 cm³/mol. The molecule has 3 rings (SSSR count). The molecule has 1 aromatic heterocycles. The van der Waals surface area contributed by atoms with E-state index in [1.807, 2.05) is 16.7 Å². The van der Waals surface area contributed by atoms with E-state index in [1.165, 1.54) is 6.07 Å². The lowest BCUT2D eigenvalue weighted by Crippen LogP contribution is -2.02. The molecule has 0 bridgehead atoms. The number of rotatable bonds is 2. The summed E-state index contributed by atoms with van der Waals surface area (Å²) in [6.45, 7) is 1.74. The summed E-state index contributed by atoms with van der Waals surface area (Å²) in [4.78, 5) is 4.46. The maximum Gasteiger partial charge on any atom is 0.129 e. The van der Waals surface area contributed by atoms with Gasteiger partial charge in [0, 0.05) is 10.6 Å². The van der Waals surface area contributed by atoms with Gasteiger partial charge >= 0.3 is 0 Å². The number of hydrogen-bond acceptors (Lipinski definition) is 1. The minimum atomic E-state index is -0.251. The topological polar surface area (TPSA) is 17.8 Å². The van der Waals surface area contributed by atoms with Gasteiger partial charge in [0.05, 0.1) is 22.6 Å². The van der Waals surface area contributed by atoms with E-state index in [9.17, 15) is 4.39 Å². The summed E-state index contributed by atoms with van der Waals surface area (Å²) >= 11 is 12.0. The third-order valence-electron chi connectivity index (χ3n) is 3.29. The molecule has 2 aromatic carbocycles. The lowest BCUT2D eigenvalue weighted by molar-refractivity contribution is 0.617. The number of halogens is 3. The SMILES string of the molecule is Cc1c(F)cccc1-n1c(CCl)nc2cc(Cl)ccc21. The highest BCUT2D eigenvalue weighted by Crippen LogP contribution is 2.27.